The summed E-state index contributed by atoms with van der Waals surface area (Å²) >= 11 is 0. The molecule has 2 aliphatic rings. The lowest BCUT2D eigenvalue weighted by atomic mass is 9.82. The van der Waals surface area contributed by atoms with Crippen molar-refractivity contribution < 1.29 is 9.53 Å². The van der Waals surface area contributed by atoms with Gasteiger partial charge in [0.25, 0.3) is 0 Å². The first-order valence-electron chi connectivity index (χ1n) is 5.19. The topological polar surface area (TPSA) is 29.5 Å². The summed E-state index contributed by atoms with van der Waals surface area (Å²) in [6.45, 7) is 0. The molecule has 0 aromatic carbocycles. The van der Waals surface area contributed by atoms with E-state index >= 15 is 0 Å². The van der Waals surface area contributed by atoms with Crippen LogP contribution in [0.4, 0.5) is 0 Å². The van der Waals surface area contributed by atoms with Gasteiger partial charge in [-0.15, -0.1) is 0 Å². The third kappa shape index (κ3) is 1.71. The molecule has 3 nitrogen and oxygen atoms in total. The average Bonchev–Trinajstić information content (AvgIpc) is 2.33. The summed E-state index contributed by atoms with van der Waals surface area (Å²) in [6, 6.07) is 0.0331. The number of ether oxygens (including phenoxy) is 1. The van der Waals surface area contributed by atoms with Gasteiger partial charge in [-0.1, -0.05) is 23.7 Å². The number of rotatable bonds is 1. The van der Waals surface area contributed by atoms with Crippen LogP contribution in [-0.2, 0) is 9.53 Å². The average molecular weight is 215 g/mol. The largest absolute Gasteiger partial charge is 0.367 e. The van der Waals surface area contributed by atoms with Crippen LogP contribution < -0.4 is 0 Å². The van der Waals surface area contributed by atoms with E-state index in [0.717, 1.165) is 0 Å². The van der Waals surface area contributed by atoms with Crippen LogP contribution in [0, 0.1) is 29.6 Å². The smallest absolute Gasteiger partial charge is 0.229 e. The molecule has 2 rings (SSSR count). The van der Waals surface area contributed by atoms with Crippen LogP contribution in [0.3, 0.4) is 0 Å². The predicted octanol–water partition coefficient (Wildman–Crippen LogP) is 0.425. The zero-order chi connectivity index (χ0) is 11.5. The van der Waals surface area contributed by atoms with Crippen LogP contribution in [0.1, 0.15) is 6.42 Å². The summed E-state index contributed by atoms with van der Waals surface area (Å²) in [4.78, 5) is 13.4. The molecule has 0 radical (unpaired) electrons. The Morgan fingerprint density at radius 3 is 2.94 bits per heavy atom. The van der Waals surface area contributed by atoms with Crippen molar-refractivity contribution in [3.63, 3.8) is 0 Å². The molecule has 16 heavy (non-hydrogen) atoms. The number of β-lactam (4-membered cyclic amide) rings is 1. The van der Waals surface area contributed by atoms with Gasteiger partial charge in [-0.2, -0.15) is 0 Å². The Balaban J connectivity index is 2.28. The first-order valence-corrected chi connectivity index (χ1v) is 5.19. The first-order chi connectivity index (χ1) is 7.75. The number of hydrogen-bond donors (Lipinski definition) is 0. The molecular weight excluding hydrogens is 202 g/mol. The Labute approximate surface area is 95.5 Å². The lowest BCUT2D eigenvalue weighted by Crippen LogP contribution is -2.63. The quantitative estimate of drug-likeness (QED) is 0.469. The highest BCUT2D eigenvalue weighted by atomic mass is 16.5. The molecule has 0 N–H and O–H groups in total. The number of carbonyl (C=O) groups is 1. The van der Waals surface area contributed by atoms with Gasteiger partial charge in [0.1, 0.15) is 6.10 Å². The fourth-order valence-electron chi connectivity index (χ4n) is 2.09. The van der Waals surface area contributed by atoms with E-state index < -0.39 is 0 Å². The number of allylic oxidation sites excluding steroid dienone is 2. The molecule has 1 unspecified atom stereocenters. The molecule has 82 valence electrons. The standard InChI is InChI=1S/C13H13NO2/c1-14-12-10(13(14)15)8-6-4-3-5-7-9-11(12)16-2/h3,5,10-12H,8H2,1-2H3/b5-3-/t10-,11?,12+/m0/s1. The van der Waals surface area contributed by atoms with E-state index in [9.17, 15) is 4.79 Å². The maximum atomic E-state index is 11.7. The van der Waals surface area contributed by atoms with E-state index in [1.165, 1.54) is 0 Å². The van der Waals surface area contributed by atoms with Crippen LogP contribution in [0.25, 0.3) is 0 Å². The highest BCUT2D eigenvalue weighted by Gasteiger charge is 2.48. The Morgan fingerprint density at radius 2 is 2.19 bits per heavy atom. The Kier molecular flexibility index (Phi) is 2.99. The molecule has 1 fully saturated rings. The van der Waals surface area contributed by atoms with Gasteiger partial charge in [0.15, 0.2) is 0 Å². The molecule has 0 spiro atoms. The maximum Gasteiger partial charge on any atom is 0.229 e. The normalized spacial score (nSPS) is 33.5. The van der Waals surface area contributed by atoms with Crippen molar-refractivity contribution in [3.8, 4) is 23.7 Å². The van der Waals surface area contributed by atoms with E-state index in [1.807, 2.05) is 0 Å². The summed E-state index contributed by atoms with van der Waals surface area (Å²) in [5.74, 6) is 11.8. The molecular formula is C13H13NO2. The molecule has 0 saturated carbocycles. The van der Waals surface area contributed by atoms with Crippen molar-refractivity contribution in [3.05, 3.63) is 12.2 Å². The van der Waals surface area contributed by atoms with Crippen LogP contribution >= 0.6 is 0 Å². The second-order valence-corrected chi connectivity index (χ2v) is 3.85. The van der Waals surface area contributed by atoms with Gasteiger partial charge in [0.2, 0.25) is 5.91 Å². The zero-order valence-electron chi connectivity index (χ0n) is 9.36. The molecule has 1 aliphatic carbocycles. The number of methoxy groups -OCH3 is 1. The third-order valence-corrected chi connectivity index (χ3v) is 2.99. The second-order valence-electron chi connectivity index (χ2n) is 3.85. The van der Waals surface area contributed by atoms with Crippen LogP contribution in [-0.4, -0.2) is 37.1 Å². The fraction of sp³-hybridized carbons (Fsp3) is 0.462. The van der Waals surface area contributed by atoms with Gasteiger partial charge in [-0.3, -0.25) is 4.79 Å². The number of hydrogen-bond acceptors (Lipinski definition) is 2. The van der Waals surface area contributed by atoms with E-state index in [1.54, 1.807) is 31.2 Å². The van der Waals surface area contributed by atoms with Crippen molar-refractivity contribution in [1.29, 1.82) is 0 Å². The number of likely N-dealkylation sites (tertiary alicyclic amines) is 1. The summed E-state index contributed by atoms with van der Waals surface area (Å²) in [6.07, 6.45) is 3.77. The van der Waals surface area contributed by atoms with E-state index in [-0.39, 0.29) is 24.0 Å². The molecule has 0 bridgehead atoms. The molecule has 1 amide bonds. The van der Waals surface area contributed by atoms with Crippen molar-refractivity contribution in [2.24, 2.45) is 5.92 Å². The zero-order valence-corrected chi connectivity index (χ0v) is 9.36. The SMILES string of the molecule is COC1C#C/C=C\C#CC[C@@H]2C(=O)N(C)[C@@H]12. The van der Waals surface area contributed by atoms with Crippen molar-refractivity contribution in [2.45, 2.75) is 18.6 Å². The van der Waals surface area contributed by atoms with Crippen molar-refractivity contribution in [1.82, 2.24) is 4.90 Å². The minimum Gasteiger partial charge on any atom is -0.367 e. The Bertz CT molecular complexity index is 444. The van der Waals surface area contributed by atoms with E-state index in [4.69, 9.17) is 4.74 Å². The molecule has 0 aromatic heterocycles. The molecule has 3 atom stereocenters. The number of likely N-dealkylation sites (N-methyl/N-ethyl adjacent to an activating group) is 1. The molecule has 0 aromatic rings. The molecule has 3 heteroatoms. The highest BCUT2D eigenvalue weighted by molar-refractivity contribution is 5.86. The minimum atomic E-state index is -0.225. The molecule has 1 saturated heterocycles. The Morgan fingerprint density at radius 1 is 1.44 bits per heavy atom. The number of amides is 1. The van der Waals surface area contributed by atoms with Gasteiger partial charge in [-0.25, -0.2) is 0 Å². The van der Waals surface area contributed by atoms with Gasteiger partial charge in [-0.05, 0) is 12.2 Å². The summed E-state index contributed by atoms with van der Waals surface area (Å²) in [5.41, 5.74) is 0. The monoisotopic (exact) mass is 215 g/mol. The lowest BCUT2D eigenvalue weighted by Gasteiger charge is -2.46. The van der Waals surface area contributed by atoms with E-state index in [2.05, 4.69) is 23.7 Å². The number of carbonyl (C=O) groups excluding carboxylic acids is 1. The second kappa shape index (κ2) is 4.43. The van der Waals surface area contributed by atoms with Gasteiger partial charge in [0.05, 0.1) is 12.0 Å². The lowest BCUT2D eigenvalue weighted by molar-refractivity contribution is -0.159. The third-order valence-electron chi connectivity index (χ3n) is 2.99. The first kappa shape index (κ1) is 10.8. The Hall–Kier alpha value is -1.71. The predicted molar refractivity (Wildman–Crippen MR) is 60.2 cm³/mol. The number of nitrogens with zero attached hydrogens (tertiary/aromatic N) is 1. The minimum absolute atomic E-state index is 0.0331. The summed E-state index contributed by atoms with van der Waals surface area (Å²) in [5, 5.41) is 0. The van der Waals surface area contributed by atoms with Crippen LogP contribution in [0.5, 0.6) is 0 Å². The van der Waals surface area contributed by atoms with Crippen LogP contribution in [0.2, 0.25) is 0 Å². The summed E-state index contributed by atoms with van der Waals surface area (Å²) in [7, 11) is 3.40. The highest BCUT2D eigenvalue weighted by Crippen LogP contribution is 2.31. The molecule has 1 aliphatic heterocycles. The number of fused-ring (bicyclic) bond motifs is 1. The fourth-order valence-corrected chi connectivity index (χ4v) is 2.09. The van der Waals surface area contributed by atoms with Gasteiger partial charge >= 0.3 is 0 Å². The van der Waals surface area contributed by atoms with E-state index in [0.29, 0.717) is 6.42 Å². The molecule has 1 heterocycles. The van der Waals surface area contributed by atoms with Gasteiger partial charge in [0, 0.05) is 20.6 Å². The van der Waals surface area contributed by atoms with Crippen molar-refractivity contribution in [2.75, 3.05) is 14.2 Å². The van der Waals surface area contributed by atoms with Gasteiger partial charge < -0.3 is 9.64 Å². The van der Waals surface area contributed by atoms with Crippen LogP contribution in [0.15, 0.2) is 12.2 Å². The van der Waals surface area contributed by atoms with Crippen molar-refractivity contribution >= 4 is 5.91 Å². The maximum absolute atomic E-state index is 11.7. The summed E-state index contributed by atoms with van der Waals surface area (Å²) < 4.78 is 5.33.